The van der Waals surface area contributed by atoms with Crippen LogP contribution in [0.5, 0.6) is 5.88 Å². The number of nitrogens with zero attached hydrogens (tertiary/aromatic N) is 3. The molecule has 0 amide bonds. The fraction of sp³-hybridized carbons (Fsp3) is 0.235. The van der Waals surface area contributed by atoms with Crippen LogP contribution in [-0.2, 0) is 0 Å². The van der Waals surface area contributed by atoms with Gasteiger partial charge in [-0.15, -0.1) is 10.2 Å². The number of aromatic nitrogens is 3. The zero-order chi connectivity index (χ0) is 17.2. The molecule has 1 aliphatic rings. The molecule has 0 spiro atoms. The van der Waals surface area contributed by atoms with Crippen molar-refractivity contribution in [3.63, 3.8) is 0 Å². The molecular formula is C17H15BrN4OS2. The van der Waals surface area contributed by atoms with E-state index < -0.39 is 0 Å². The summed E-state index contributed by atoms with van der Waals surface area (Å²) < 4.78 is 7.17. The lowest BCUT2D eigenvalue weighted by atomic mass is 10.1. The Labute approximate surface area is 162 Å². The van der Waals surface area contributed by atoms with E-state index in [1.807, 2.05) is 29.6 Å². The van der Waals surface area contributed by atoms with Crippen molar-refractivity contribution in [1.82, 2.24) is 15.2 Å². The van der Waals surface area contributed by atoms with Crippen LogP contribution < -0.4 is 10.1 Å². The van der Waals surface area contributed by atoms with Crippen LogP contribution in [0.1, 0.15) is 25.1 Å². The molecule has 1 aromatic carbocycles. The van der Waals surface area contributed by atoms with E-state index in [1.165, 1.54) is 0 Å². The fourth-order valence-electron chi connectivity index (χ4n) is 2.50. The van der Waals surface area contributed by atoms with Gasteiger partial charge < -0.3 is 10.1 Å². The molecule has 2 aromatic heterocycles. The number of fused-ring (bicyclic) bond motifs is 3. The minimum Gasteiger partial charge on any atom is -0.448 e. The van der Waals surface area contributed by atoms with Crippen molar-refractivity contribution in [2.24, 2.45) is 0 Å². The Morgan fingerprint density at radius 3 is 3.04 bits per heavy atom. The number of benzene rings is 1. The summed E-state index contributed by atoms with van der Waals surface area (Å²) in [6.45, 7) is 2.13. The largest absolute Gasteiger partial charge is 0.448 e. The smallest absolute Gasteiger partial charge is 0.247 e. The molecule has 128 valence electrons. The van der Waals surface area contributed by atoms with Crippen LogP contribution >= 0.6 is 39.0 Å². The van der Waals surface area contributed by atoms with E-state index in [9.17, 15) is 0 Å². The van der Waals surface area contributed by atoms with Gasteiger partial charge in [0.25, 0.3) is 0 Å². The van der Waals surface area contributed by atoms with E-state index in [0.29, 0.717) is 16.7 Å². The lowest BCUT2D eigenvalue weighted by Gasteiger charge is -2.17. The Balaban J connectivity index is 1.81. The second kappa shape index (κ2) is 7.31. The molecule has 0 unspecified atom stereocenters. The summed E-state index contributed by atoms with van der Waals surface area (Å²) in [6, 6.07) is 8.06. The third kappa shape index (κ3) is 3.51. The molecule has 1 atom stereocenters. The highest BCUT2D eigenvalue weighted by Gasteiger charge is 2.26. The quantitative estimate of drug-likeness (QED) is 0.557. The summed E-state index contributed by atoms with van der Waals surface area (Å²) in [5.41, 5.74) is 3.59. The maximum atomic E-state index is 6.20. The van der Waals surface area contributed by atoms with E-state index in [1.54, 1.807) is 23.1 Å². The molecule has 0 radical (unpaired) electrons. The van der Waals surface area contributed by atoms with E-state index in [2.05, 4.69) is 48.7 Å². The van der Waals surface area contributed by atoms with Crippen molar-refractivity contribution in [2.75, 3.05) is 11.1 Å². The second-order valence-corrected chi connectivity index (χ2v) is 8.24. The normalized spacial score (nSPS) is 15.5. The van der Waals surface area contributed by atoms with Crippen LogP contribution in [0.2, 0.25) is 0 Å². The number of thioether (sulfide) groups is 1. The lowest BCUT2D eigenvalue weighted by Crippen LogP contribution is -2.16. The third-order valence-electron chi connectivity index (χ3n) is 3.67. The predicted octanol–water partition coefficient (Wildman–Crippen LogP) is 5.37. The fourth-order valence-corrected chi connectivity index (χ4v) is 4.17. The highest BCUT2D eigenvalue weighted by Crippen LogP contribution is 2.41. The van der Waals surface area contributed by atoms with Crippen LogP contribution in [0, 0.1) is 0 Å². The van der Waals surface area contributed by atoms with Crippen LogP contribution in [0.25, 0.3) is 11.3 Å². The summed E-state index contributed by atoms with van der Waals surface area (Å²) in [5, 5.41) is 16.9. The average molecular weight is 435 g/mol. The zero-order valence-corrected chi connectivity index (χ0v) is 16.6. The molecule has 0 saturated carbocycles. The Morgan fingerprint density at radius 1 is 1.32 bits per heavy atom. The van der Waals surface area contributed by atoms with Crippen LogP contribution in [-0.4, -0.2) is 20.9 Å². The number of thiophene rings is 1. The standard InChI is InChI=1S/C17H15BrN4OS2/c1-2-6-25-17-20-16-14(21-22-17)12-8-11(18)3-4-13(12)19-15(23-16)10-5-7-24-9-10/h3-5,7-9,15,19H,2,6H2,1H3/t15-/m0/s1. The van der Waals surface area contributed by atoms with Crippen LogP contribution in [0.15, 0.2) is 44.7 Å². The molecule has 8 heteroatoms. The third-order valence-corrected chi connectivity index (χ3v) is 5.91. The molecule has 3 aromatic rings. The van der Waals surface area contributed by atoms with Crippen LogP contribution in [0.4, 0.5) is 5.69 Å². The van der Waals surface area contributed by atoms with E-state index in [4.69, 9.17) is 4.74 Å². The van der Waals surface area contributed by atoms with Crippen molar-refractivity contribution in [2.45, 2.75) is 24.7 Å². The van der Waals surface area contributed by atoms with Gasteiger partial charge in [-0.3, -0.25) is 0 Å². The molecule has 0 saturated heterocycles. The Hall–Kier alpha value is -1.64. The molecule has 1 N–H and O–H groups in total. The number of rotatable bonds is 4. The lowest BCUT2D eigenvalue weighted by molar-refractivity contribution is 0.225. The van der Waals surface area contributed by atoms with Gasteiger partial charge >= 0.3 is 0 Å². The molecule has 0 bridgehead atoms. The van der Waals surface area contributed by atoms with E-state index >= 15 is 0 Å². The predicted molar refractivity (Wildman–Crippen MR) is 105 cm³/mol. The number of ether oxygens (including phenoxy) is 1. The van der Waals surface area contributed by atoms with Gasteiger partial charge in [0.1, 0.15) is 0 Å². The maximum Gasteiger partial charge on any atom is 0.247 e. The SMILES string of the molecule is CCCSc1nnc2c(n1)O[C@@H](c1ccsc1)Nc1ccc(Br)cc1-2. The molecule has 3 heterocycles. The average Bonchev–Trinajstić information content (AvgIpc) is 3.10. The second-order valence-electron chi connectivity index (χ2n) is 5.49. The van der Waals surface area contributed by atoms with Crippen molar-refractivity contribution < 1.29 is 4.74 Å². The first-order valence-corrected chi connectivity index (χ1v) is 10.6. The number of hydrogen-bond acceptors (Lipinski definition) is 7. The van der Waals surface area contributed by atoms with Crippen LogP contribution in [0.3, 0.4) is 0 Å². The van der Waals surface area contributed by atoms with Gasteiger partial charge in [0.2, 0.25) is 11.0 Å². The topological polar surface area (TPSA) is 59.9 Å². The monoisotopic (exact) mass is 434 g/mol. The number of hydrogen-bond donors (Lipinski definition) is 1. The summed E-state index contributed by atoms with van der Waals surface area (Å²) >= 11 is 6.76. The minimum atomic E-state index is -0.312. The first kappa shape index (κ1) is 16.8. The highest BCUT2D eigenvalue weighted by atomic mass is 79.9. The summed E-state index contributed by atoms with van der Waals surface area (Å²) in [5.74, 6) is 1.46. The number of nitrogens with one attached hydrogen (secondary N) is 1. The molecular weight excluding hydrogens is 420 g/mol. The van der Waals surface area contributed by atoms with E-state index in [0.717, 1.165) is 33.5 Å². The van der Waals surface area contributed by atoms with Crippen molar-refractivity contribution in [3.05, 3.63) is 45.1 Å². The zero-order valence-electron chi connectivity index (χ0n) is 13.4. The Kier molecular flexibility index (Phi) is 4.91. The van der Waals surface area contributed by atoms with E-state index in [-0.39, 0.29) is 6.23 Å². The van der Waals surface area contributed by atoms with Gasteiger partial charge in [0.05, 0.1) is 0 Å². The Bertz CT molecular complexity index is 888. The first-order chi connectivity index (χ1) is 12.2. The van der Waals surface area contributed by atoms with Crippen molar-refractivity contribution in [1.29, 1.82) is 0 Å². The maximum absolute atomic E-state index is 6.20. The Morgan fingerprint density at radius 2 is 2.24 bits per heavy atom. The van der Waals surface area contributed by atoms with Gasteiger partial charge in [0, 0.05) is 27.0 Å². The molecule has 5 nitrogen and oxygen atoms in total. The molecule has 1 aliphatic heterocycles. The molecule has 0 aliphatic carbocycles. The van der Waals surface area contributed by atoms with Crippen molar-refractivity contribution in [3.8, 4) is 17.1 Å². The van der Waals surface area contributed by atoms with Gasteiger partial charge in [-0.25, -0.2) is 0 Å². The van der Waals surface area contributed by atoms with Gasteiger partial charge in [0.15, 0.2) is 11.9 Å². The highest BCUT2D eigenvalue weighted by molar-refractivity contribution is 9.10. The summed E-state index contributed by atoms with van der Waals surface area (Å²) in [7, 11) is 0. The minimum absolute atomic E-state index is 0.312. The first-order valence-electron chi connectivity index (χ1n) is 7.87. The summed E-state index contributed by atoms with van der Waals surface area (Å²) in [4.78, 5) is 4.61. The molecule has 0 fully saturated rings. The molecule has 4 rings (SSSR count). The molecule has 25 heavy (non-hydrogen) atoms. The van der Waals surface area contributed by atoms with Crippen molar-refractivity contribution >= 4 is 44.7 Å². The van der Waals surface area contributed by atoms with Gasteiger partial charge in [-0.1, -0.05) is 34.6 Å². The van der Waals surface area contributed by atoms with Gasteiger partial charge in [-0.05, 0) is 41.4 Å². The number of halogens is 1. The van der Waals surface area contributed by atoms with Gasteiger partial charge in [-0.2, -0.15) is 16.3 Å². The summed E-state index contributed by atoms with van der Waals surface area (Å²) in [6.07, 6.45) is 0.744. The number of anilines is 1.